The third-order valence-electron chi connectivity index (χ3n) is 6.18. The number of carbonyl (C=O) groups excluding carboxylic acids is 4. The first-order chi connectivity index (χ1) is 20.7. The molecule has 0 heterocycles. The minimum atomic E-state index is -1.14. The highest BCUT2D eigenvalue weighted by atomic mass is 16.2. The number of unbranched alkanes of at least 4 members (excludes halogenated alkanes) is 9. The molecule has 244 valence electrons. The van der Waals surface area contributed by atoms with E-state index in [1.807, 2.05) is 0 Å². The van der Waals surface area contributed by atoms with Gasteiger partial charge in [0, 0.05) is 31.5 Å². The number of carbonyl (C=O) groups is 4. The van der Waals surface area contributed by atoms with Gasteiger partial charge in [-0.25, -0.2) is 21.3 Å². The molecule has 43 heavy (non-hydrogen) atoms. The van der Waals surface area contributed by atoms with Crippen molar-refractivity contribution in [3.63, 3.8) is 0 Å². The molecule has 0 aromatic heterocycles. The summed E-state index contributed by atoms with van der Waals surface area (Å²) in [5.41, 5.74) is 18.3. The summed E-state index contributed by atoms with van der Waals surface area (Å²) in [6.07, 6.45) is 16.2. The molecule has 8 N–H and O–H groups in total. The fourth-order valence-electron chi connectivity index (χ4n) is 3.70. The predicted molar refractivity (Wildman–Crippen MR) is 172 cm³/mol. The second-order valence-corrected chi connectivity index (χ2v) is 10.2. The van der Waals surface area contributed by atoms with E-state index in [1.54, 1.807) is 18.6 Å². The smallest absolute Gasteiger partial charge is 0.262 e. The van der Waals surface area contributed by atoms with Crippen LogP contribution in [0.25, 0.3) is 0 Å². The zero-order valence-electron chi connectivity index (χ0n) is 26.3. The number of hydrogen-bond donors (Lipinski definition) is 6. The normalized spacial score (nSPS) is 12.7. The van der Waals surface area contributed by atoms with Crippen LogP contribution in [-0.4, -0.2) is 60.3 Å². The molecule has 0 bridgehead atoms. The summed E-state index contributed by atoms with van der Waals surface area (Å²) >= 11 is 0. The Labute approximate surface area is 256 Å². The fourth-order valence-corrected chi connectivity index (χ4v) is 3.70. The van der Waals surface area contributed by atoms with Crippen LogP contribution < -0.4 is 33.1 Å². The van der Waals surface area contributed by atoms with Gasteiger partial charge in [-0.15, -0.1) is 0 Å². The van der Waals surface area contributed by atoms with Gasteiger partial charge in [-0.3, -0.25) is 19.2 Å². The SMILES string of the molecule is CCCCC/C=N/NC(=O)CC[C@H](N=C(N)N)C(=O)N[C@@H](CCC(=O)N/N=C/CCCCC)C(=O)N/N=C/CCCCC. The van der Waals surface area contributed by atoms with Crippen LogP contribution >= 0.6 is 0 Å². The van der Waals surface area contributed by atoms with Crippen LogP contribution in [0, 0.1) is 0 Å². The van der Waals surface area contributed by atoms with E-state index in [2.05, 4.69) is 62.7 Å². The van der Waals surface area contributed by atoms with Gasteiger partial charge in [0.15, 0.2) is 5.96 Å². The number of nitrogens with two attached hydrogens (primary N) is 2. The number of nitrogens with zero attached hydrogens (tertiary/aromatic N) is 4. The second-order valence-electron chi connectivity index (χ2n) is 10.2. The fraction of sp³-hybridized carbons (Fsp3) is 0.724. The zero-order chi connectivity index (χ0) is 32.1. The summed E-state index contributed by atoms with van der Waals surface area (Å²) in [6, 6.07) is -2.25. The van der Waals surface area contributed by atoms with Crippen LogP contribution in [0.3, 0.4) is 0 Å². The van der Waals surface area contributed by atoms with E-state index in [9.17, 15) is 19.2 Å². The van der Waals surface area contributed by atoms with Gasteiger partial charge in [-0.1, -0.05) is 59.3 Å². The Morgan fingerprint density at radius 3 is 1.51 bits per heavy atom. The van der Waals surface area contributed by atoms with E-state index in [4.69, 9.17) is 11.5 Å². The van der Waals surface area contributed by atoms with Crippen molar-refractivity contribution in [2.75, 3.05) is 0 Å². The Hall–Kier alpha value is -3.84. The van der Waals surface area contributed by atoms with E-state index >= 15 is 0 Å². The second kappa shape index (κ2) is 27.0. The van der Waals surface area contributed by atoms with E-state index in [1.165, 1.54) is 0 Å². The van der Waals surface area contributed by atoms with E-state index in [0.29, 0.717) is 6.42 Å². The summed E-state index contributed by atoms with van der Waals surface area (Å²) in [5, 5.41) is 14.4. The number of guanidine groups is 1. The maximum absolute atomic E-state index is 13.1. The van der Waals surface area contributed by atoms with Gasteiger partial charge in [0.1, 0.15) is 12.1 Å². The number of amides is 4. The molecule has 4 amide bonds. The van der Waals surface area contributed by atoms with Crippen LogP contribution in [0.15, 0.2) is 20.3 Å². The summed E-state index contributed by atoms with van der Waals surface area (Å²) in [7, 11) is 0. The number of nitrogens with one attached hydrogen (secondary N) is 4. The van der Waals surface area contributed by atoms with E-state index in [0.717, 1.165) is 70.6 Å². The Morgan fingerprint density at radius 1 is 0.628 bits per heavy atom. The van der Waals surface area contributed by atoms with Gasteiger partial charge in [-0.05, 0) is 51.4 Å². The predicted octanol–water partition coefficient (Wildman–Crippen LogP) is 2.72. The molecular weight excluding hydrogens is 552 g/mol. The molecule has 14 heteroatoms. The van der Waals surface area contributed by atoms with Gasteiger partial charge in [-0.2, -0.15) is 15.3 Å². The lowest BCUT2D eigenvalue weighted by atomic mass is 10.1. The molecule has 0 spiro atoms. The van der Waals surface area contributed by atoms with Gasteiger partial charge in [0.05, 0.1) is 0 Å². The topological polar surface area (TPSA) is 218 Å². The minimum Gasteiger partial charge on any atom is -0.370 e. The molecule has 0 radical (unpaired) electrons. The van der Waals surface area contributed by atoms with Crippen molar-refractivity contribution >= 4 is 48.2 Å². The summed E-state index contributed by atoms with van der Waals surface area (Å²) in [6.45, 7) is 6.29. The van der Waals surface area contributed by atoms with Crippen molar-refractivity contribution in [2.45, 2.75) is 136 Å². The summed E-state index contributed by atoms with van der Waals surface area (Å²) < 4.78 is 0. The number of rotatable bonds is 25. The Balaban J connectivity index is 5.25. The maximum Gasteiger partial charge on any atom is 0.262 e. The summed E-state index contributed by atoms with van der Waals surface area (Å²) in [4.78, 5) is 54.5. The molecule has 0 aliphatic rings. The molecule has 2 atom stereocenters. The third-order valence-corrected chi connectivity index (χ3v) is 6.18. The number of hydrazone groups is 3. The first-order valence-corrected chi connectivity index (χ1v) is 15.6. The van der Waals surface area contributed by atoms with Crippen molar-refractivity contribution in [1.29, 1.82) is 0 Å². The van der Waals surface area contributed by atoms with Crippen LogP contribution in [-0.2, 0) is 19.2 Å². The molecule has 0 aromatic rings. The van der Waals surface area contributed by atoms with Crippen LogP contribution in [0.5, 0.6) is 0 Å². The van der Waals surface area contributed by atoms with Crippen molar-refractivity contribution in [3.8, 4) is 0 Å². The molecule has 0 aromatic carbocycles. The minimum absolute atomic E-state index is 0.0259. The molecule has 0 saturated heterocycles. The van der Waals surface area contributed by atoms with Gasteiger partial charge in [0.25, 0.3) is 5.91 Å². The average molecular weight is 607 g/mol. The average Bonchev–Trinajstić information content (AvgIpc) is 2.98. The highest BCUT2D eigenvalue weighted by molar-refractivity contribution is 5.92. The molecule has 0 aliphatic carbocycles. The molecular formula is C29H54N10O4. The van der Waals surface area contributed by atoms with Crippen molar-refractivity contribution in [1.82, 2.24) is 21.6 Å². The van der Waals surface area contributed by atoms with Crippen LogP contribution in [0.2, 0.25) is 0 Å². The lowest BCUT2D eigenvalue weighted by Crippen LogP contribution is -2.49. The zero-order valence-corrected chi connectivity index (χ0v) is 26.3. The first-order valence-electron chi connectivity index (χ1n) is 15.6. The maximum atomic E-state index is 13.1. The quantitative estimate of drug-likeness (QED) is 0.0397. The molecule has 0 unspecified atom stereocenters. The van der Waals surface area contributed by atoms with Crippen molar-refractivity contribution in [3.05, 3.63) is 0 Å². The van der Waals surface area contributed by atoms with Crippen molar-refractivity contribution in [2.24, 2.45) is 31.8 Å². The molecule has 14 nitrogen and oxygen atoms in total. The summed E-state index contributed by atoms with van der Waals surface area (Å²) in [5.74, 6) is -2.44. The van der Waals surface area contributed by atoms with Gasteiger partial charge in [0.2, 0.25) is 17.7 Å². The van der Waals surface area contributed by atoms with Gasteiger partial charge < -0.3 is 16.8 Å². The number of aliphatic imine (C=N–C) groups is 1. The number of hydrogen-bond acceptors (Lipinski definition) is 8. The molecule has 0 fully saturated rings. The molecule has 0 rings (SSSR count). The first kappa shape index (κ1) is 39.2. The Morgan fingerprint density at radius 2 is 1.07 bits per heavy atom. The highest BCUT2D eigenvalue weighted by Gasteiger charge is 2.26. The monoisotopic (exact) mass is 606 g/mol. The molecule has 0 saturated carbocycles. The Bertz CT molecular complexity index is 917. The van der Waals surface area contributed by atoms with E-state index < -0.39 is 35.7 Å². The van der Waals surface area contributed by atoms with Crippen molar-refractivity contribution < 1.29 is 19.2 Å². The Kier molecular flexibility index (Phi) is 24.6. The molecule has 0 aliphatic heterocycles. The highest BCUT2D eigenvalue weighted by Crippen LogP contribution is 2.07. The van der Waals surface area contributed by atoms with E-state index in [-0.39, 0.29) is 31.6 Å². The van der Waals surface area contributed by atoms with Crippen LogP contribution in [0.4, 0.5) is 0 Å². The lowest BCUT2D eigenvalue weighted by Gasteiger charge is -2.19. The van der Waals surface area contributed by atoms with Gasteiger partial charge >= 0.3 is 0 Å². The standard InChI is InChI=1S/C29H54N10O4/c1-4-7-10-13-20-32-37-25(40)18-16-23(36-29(30)31)27(42)35-24(28(43)39-34-22-15-12-9-6-3)17-19-26(41)38-33-21-14-11-8-5-2/h20-24H,4-19H2,1-3H3,(H,35,42)(H,37,40)(H,38,41)(H,39,43)(H4,30,31,36)/b32-20+,33-21+,34-22+/t23-,24-/m0/s1. The largest absolute Gasteiger partial charge is 0.370 e. The van der Waals surface area contributed by atoms with Crippen LogP contribution in [0.1, 0.15) is 124 Å². The third kappa shape index (κ3) is 23.4. The lowest BCUT2D eigenvalue weighted by molar-refractivity contribution is -0.130.